The normalized spacial score (nSPS) is 44.8. The summed E-state index contributed by atoms with van der Waals surface area (Å²) < 4.78 is 0. The Bertz CT molecular complexity index is 180. The fraction of sp³-hybridized carbons (Fsp3) is 1.00. The molecule has 0 spiro atoms. The van der Waals surface area contributed by atoms with E-state index in [4.69, 9.17) is 0 Å². The van der Waals surface area contributed by atoms with Gasteiger partial charge in [-0.3, -0.25) is 0 Å². The third-order valence-electron chi connectivity index (χ3n) is 4.71. The summed E-state index contributed by atoms with van der Waals surface area (Å²) in [6.07, 6.45) is 4.17. The Morgan fingerprint density at radius 3 is 2.08 bits per heavy atom. The average Bonchev–Trinajstić information content (AvgIpc) is 1.99. The van der Waals surface area contributed by atoms with Crippen LogP contribution in [0.3, 0.4) is 0 Å². The molecule has 1 aliphatic rings. The van der Waals surface area contributed by atoms with Crippen molar-refractivity contribution in [2.75, 3.05) is 0 Å². The van der Waals surface area contributed by atoms with Gasteiger partial charge in [-0.15, -0.1) is 0 Å². The largest absolute Gasteiger partial charge is 0.0649 e. The molecule has 1 aliphatic carbocycles. The summed E-state index contributed by atoms with van der Waals surface area (Å²) >= 11 is 0. The Morgan fingerprint density at radius 1 is 1.08 bits per heavy atom. The third-order valence-corrected chi connectivity index (χ3v) is 4.71. The van der Waals surface area contributed by atoms with Crippen molar-refractivity contribution >= 4 is 0 Å². The van der Waals surface area contributed by atoms with Gasteiger partial charge in [-0.1, -0.05) is 48.0 Å². The van der Waals surface area contributed by atoms with E-state index in [1.165, 1.54) is 19.3 Å². The zero-order valence-corrected chi connectivity index (χ0v) is 10.3. The molecule has 13 heavy (non-hydrogen) atoms. The van der Waals surface area contributed by atoms with E-state index >= 15 is 0 Å². The molecule has 1 fully saturated rings. The second-order valence-electron chi connectivity index (χ2n) is 6.23. The number of rotatable bonds is 1. The van der Waals surface area contributed by atoms with Crippen molar-refractivity contribution in [2.24, 2.45) is 22.7 Å². The summed E-state index contributed by atoms with van der Waals surface area (Å²) in [4.78, 5) is 0. The lowest BCUT2D eigenvalue weighted by molar-refractivity contribution is -0.0164. The summed E-state index contributed by atoms with van der Waals surface area (Å²) in [5, 5.41) is 0. The Hall–Kier alpha value is 0. The SMILES string of the molecule is CCC1(C)CC(C)CC(C)(C)C1C. The minimum atomic E-state index is 0.544. The molecule has 0 N–H and O–H groups in total. The molecule has 0 saturated heterocycles. The van der Waals surface area contributed by atoms with Crippen molar-refractivity contribution < 1.29 is 0 Å². The zero-order valence-electron chi connectivity index (χ0n) is 10.3. The second-order valence-corrected chi connectivity index (χ2v) is 6.23. The minimum absolute atomic E-state index is 0.544. The van der Waals surface area contributed by atoms with E-state index in [0.29, 0.717) is 10.8 Å². The highest BCUT2D eigenvalue weighted by Crippen LogP contribution is 2.54. The lowest BCUT2D eigenvalue weighted by Gasteiger charge is -2.51. The summed E-state index contributed by atoms with van der Waals surface area (Å²) in [7, 11) is 0. The highest BCUT2D eigenvalue weighted by atomic mass is 14.5. The van der Waals surface area contributed by atoms with Crippen LogP contribution in [0.4, 0.5) is 0 Å². The van der Waals surface area contributed by atoms with Gasteiger partial charge in [0, 0.05) is 0 Å². The first-order chi connectivity index (χ1) is 5.82. The van der Waals surface area contributed by atoms with Gasteiger partial charge in [0.2, 0.25) is 0 Å². The van der Waals surface area contributed by atoms with E-state index < -0.39 is 0 Å². The van der Waals surface area contributed by atoms with Gasteiger partial charge in [-0.2, -0.15) is 0 Å². The maximum atomic E-state index is 2.48. The second kappa shape index (κ2) is 3.29. The van der Waals surface area contributed by atoms with Crippen LogP contribution in [-0.4, -0.2) is 0 Å². The van der Waals surface area contributed by atoms with Crippen LogP contribution in [0, 0.1) is 22.7 Å². The highest BCUT2D eigenvalue weighted by Gasteiger charge is 2.44. The molecule has 0 aromatic heterocycles. The molecule has 0 heteroatoms. The molecule has 0 amide bonds. The molecule has 1 rings (SSSR count). The van der Waals surface area contributed by atoms with Crippen molar-refractivity contribution in [1.82, 2.24) is 0 Å². The van der Waals surface area contributed by atoms with Gasteiger partial charge in [0.25, 0.3) is 0 Å². The molecule has 78 valence electrons. The molecule has 0 aromatic carbocycles. The van der Waals surface area contributed by atoms with Crippen molar-refractivity contribution in [3.8, 4) is 0 Å². The minimum Gasteiger partial charge on any atom is -0.0649 e. The summed E-state index contributed by atoms with van der Waals surface area (Å²) in [6, 6.07) is 0. The molecule has 0 nitrogen and oxygen atoms in total. The maximum absolute atomic E-state index is 2.48. The molecular formula is C13H26. The lowest BCUT2D eigenvalue weighted by atomic mass is 9.54. The van der Waals surface area contributed by atoms with E-state index in [-0.39, 0.29) is 0 Å². The summed E-state index contributed by atoms with van der Waals surface area (Å²) in [6.45, 7) is 14.6. The standard InChI is InChI=1S/C13H26/c1-7-13(6)9-10(2)8-12(4,5)11(13)3/h10-11H,7-9H2,1-6H3. The van der Waals surface area contributed by atoms with Crippen LogP contribution in [0.25, 0.3) is 0 Å². The van der Waals surface area contributed by atoms with Crippen LogP contribution in [0.2, 0.25) is 0 Å². The van der Waals surface area contributed by atoms with Crippen molar-refractivity contribution in [3.05, 3.63) is 0 Å². The molecular weight excluding hydrogens is 156 g/mol. The van der Waals surface area contributed by atoms with Gasteiger partial charge in [0.05, 0.1) is 0 Å². The fourth-order valence-electron chi connectivity index (χ4n) is 3.51. The van der Waals surface area contributed by atoms with Crippen molar-refractivity contribution in [1.29, 1.82) is 0 Å². The van der Waals surface area contributed by atoms with Crippen LogP contribution in [0.5, 0.6) is 0 Å². The van der Waals surface area contributed by atoms with E-state index in [1.807, 2.05) is 0 Å². The van der Waals surface area contributed by atoms with E-state index in [0.717, 1.165) is 11.8 Å². The van der Waals surface area contributed by atoms with E-state index in [1.54, 1.807) is 0 Å². The number of hydrogen-bond donors (Lipinski definition) is 0. The molecule has 1 saturated carbocycles. The zero-order chi connectivity index (χ0) is 10.3. The molecule has 3 atom stereocenters. The van der Waals surface area contributed by atoms with Gasteiger partial charge in [-0.25, -0.2) is 0 Å². The Balaban J connectivity index is 2.88. The fourth-order valence-corrected chi connectivity index (χ4v) is 3.51. The van der Waals surface area contributed by atoms with Crippen LogP contribution >= 0.6 is 0 Å². The molecule has 0 heterocycles. The molecule has 3 unspecified atom stereocenters. The Labute approximate surface area is 84.1 Å². The Kier molecular flexibility index (Phi) is 2.81. The van der Waals surface area contributed by atoms with Crippen LogP contribution < -0.4 is 0 Å². The molecule has 0 aromatic rings. The van der Waals surface area contributed by atoms with Crippen molar-refractivity contribution in [2.45, 2.75) is 60.8 Å². The molecule has 0 aliphatic heterocycles. The van der Waals surface area contributed by atoms with Gasteiger partial charge < -0.3 is 0 Å². The first kappa shape index (κ1) is 11.1. The quantitative estimate of drug-likeness (QED) is 0.560. The predicted molar refractivity (Wildman–Crippen MR) is 59.7 cm³/mol. The summed E-state index contributed by atoms with van der Waals surface area (Å²) in [5.41, 5.74) is 1.13. The first-order valence-corrected chi connectivity index (χ1v) is 5.82. The van der Waals surface area contributed by atoms with Gasteiger partial charge >= 0.3 is 0 Å². The van der Waals surface area contributed by atoms with Gasteiger partial charge in [-0.05, 0) is 35.5 Å². The lowest BCUT2D eigenvalue weighted by Crippen LogP contribution is -2.42. The number of hydrogen-bond acceptors (Lipinski definition) is 0. The molecule has 0 bridgehead atoms. The van der Waals surface area contributed by atoms with Gasteiger partial charge in [0.15, 0.2) is 0 Å². The highest BCUT2D eigenvalue weighted by molar-refractivity contribution is 4.94. The van der Waals surface area contributed by atoms with Crippen LogP contribution in [-0.2, 0) is 0 Å². The Morgan fingerprint density at radius 2 is 1.62 bits per heavy atom. The first-order valence-electron chi connectivity index (χ1n) is 5.82. The van der Waals surface area contributed by atoms with Gasteiger partial charge in [0.1, 0.15) is 0 Å². The maximum Gasteiger partial charge on any atom is -0.0295 e. The van der Waals surface area contributed by atoms with Crippen molar-refractivity contribution in [3.63, 3.8) is 0 Å². The third kappa shape index (κ3) is 1.92. The summed E-state index contributed by atoms with van der Waals surface area (Å²) in [5.74, 6) is 1.78. The monoisotopic (exact) mass is 182 g/mol. The average molecular weight is 182 g/mol. The van der Waals surface area contributed by atoms with E-state index in [2.05, 4.69) is 41.5 Å². The molecule has 0 radical (unpaired) electrons. The van der Waals surface area contributed by atoms with Crippen LogP contribution in [0.1, 0.15) is 60.8 Å². The smallest absolute Gasteiger partial charge is 0.0295 e. The van der Waals surface area contributed by atoms with Crippen LogP contribution in [0.15, 0.2) is 0 Å². The predicted octanol–water partition coefficient (Wildman–Crippen LogP) is 4.49. The van der Waals surface area contributed by atoms with E-state index in [9.17, 15) is 0 Å². The topological polar surface area (TPSA) is 0 Å².